The number of carbonyl (C=O) groups is 1. The second kappa shape index (κ2) is 6.82. The van der Waals surface area contributed by atoms with E-state index in [9.17, 15) is 26.7 Å². The van der Waals surface area contributed by atoms with Crippen LogP contribution in [0.2, 0.25) is 0 Å². The molecule has 1 amide bonds. The van der Waals surface area contributed by atoms with Gasteiger partial charge in [-0.2, -0.15) is 18.3 Å². The van der Waals surface area contributed by atoms with Gasteiger partial charge in [-0.25, -0.2) is 13.5 Å². The van der Waals surface area contributed by atoms with E-state index in [-0.39, 0.29) is 11.5 Å². The van der Waals surface area contributed by atoms with Gasteiger partial charge in [-0.1, -0.05) is 12.1 Å². The molecule has 0 aliphatic heterocycles. The zero-order valence-electron chi connectivity index (χ0n) is 13.8. The van der Waals surface area contributed by atoms with Crippen LogP contribution in [0.1, 0.15) is 21.6 Å². The third-order valence-corrected chi connectivity index (χ3v) is 3.64. The van der Waals surface area contributed by atoms with Crippen LogP contribution in [0.4, 0.5) is 27.8 Å². The van der Waals surface area contributed by atoms with Crippen molar-refractivity contribution in [2.45, 2.75) is 13.1 Å². The normalized spacial score (nSPS) is 11.5. The maximum absolute atomic E-state index is 14.0. The van der Waals surface area contributed by atoms with E-state index in [1.807, 2.05) is 0 Å². The molecule has 0 saturated heterocycles. The van der Waals surface area contributed by atoms with Crippen molar-refractivity contribution in [2.24, 2.45) is 0 Å². The molecule has 9 heteroatoms. The Morgan fingerprint density at radius 1 is 1.07 bits per heavy atom. The number of benzene rings is 2. The van der Waals surface area contributed by atoms with Gasteiger partial charge in [-0.05, 0) is 37.3 Å². The van der Waals surface area contributed by atoms with Gasteiger partial charge in [0.15, 0.2) is 0 Å². The molecular formula is C18H12F5N3O. The zero-order chi connectivity index (χ0) is 19.8. The van der Waals surface area contributed by atoms with E-state index in [2.05, 4.69) is 10.4 Å². The molecule has 1 heterocycles. The number of nitrogens with one attached hydrogen (secondary N) is 1. The predicted octanol–water partition coefficient (Wildman–Crippen LogP) is 4.73. The highest BCUT2D eigenvalue weighted by atomic mass is 19.4. The average molecular weight is 381 g/mol. The summed E-state index contributed by atoms with van der Waals surface area (Å²) in [6.07, 6.45) is -4.80. The van der Waals surface area contributed by atoms with Crippen molar-refractivity contribution >= 4 is 11.7 Å². The Morgan fingerprint density at radius 3 is 2.44 bits per heavy atom. The minimum absolute atomic E-state index is 0.0282. The molecule has 0 aliphatic rings. The minimum Gasteiger partial charge on any atom is -0.306 e. The van der Waals surface area contributed by atoms with Crippen LogP contribution in [0.15, 0.2) is 48.5 Å². The van der Waals surface area contributed by atoms with Crippen LogP contribution in [-0.4, -0.2) is 15.7 Å². The second-order valence-corrected chi connectivity index (χ2v) is 5.71. The van der Waals surface area contributed by atoms with E-state index in [1.165, 1.54) is 24.3 Å². The van der Waals surface area contributed by atoms with Gasteiger partial charge in [0.25, 0.3) is 5.91 Å². The molecule has 140 valence electrons. The number of nitrogens with zero attached hydrogens (tertiary/aromatic N) is 2. The fourth-order valence-corrected chi connectivity index (χ4v) is 2.47. The van der Waals surface area contributed by atoms with E-state index in [0.29, 0.717) is 23.9 Å². The summed E-state index contributed by atoms with van der Waals surface area (Å²) in [5.41, 5.74) is -1.34. The zero-order valence-corrected chi connectivity index (χ0v) is 13.8. The summed E-state index contributed by atoms with van der Waals surface area (Å²) in [4.78, 5) is 12.3. The first-order valence-electron chi connectivity index (χ1n) is 7.66. The van der Waals surface area contributed by atoms with Gasteiger partial charge in [0.2, 0.25) is 0 Å². The van der Waals surface area contributed by atoms with Gasteiger partial charge >= 0.3 is 6.18 Å². The molecule has 0 atom stereocenters. The first-order valence-corrected chi connectivity index (χ1v) is 7.66. The van der Waals surface area contributed by atoms with E-state index in [1.54, 1.807) is 13.0 Å². The number of aromatic nitrogens is 2. The second-order valence-electron chi connectivity index (χ2n) is 5.71. The van der Waals surface area contributed by atoms with Crippen LogP contribution in [0.3, 0.4) is 0 Å². The van der Waals surface area contributed by atoms with Crippen molar-refractivity contribution in [1.82, 2.24) is 9.78 Å². The highest BCUT2D eigenvalue weighted by Gasteiger charge is 2.32. The van der Waals surface area contributed by atoms with Crippen molar-refractivity contribution in [3.8, 4) is 5.69 Å². The lowest BCUT2D eigenvalue weighted by atomic mass is 10.1. The summed E-state index contributed by atoms with van der Waals surface area (Å²) < 4.78 is 67.1. The first-order chi connectivity index (χ1) is 12.6. The van der Waals surface area contributed by atoms with Crippen molar-refractivity contribution in [3.63, 3.8) is 0 Å². The lowest BCUT2D eigenvalue weighted by Gasteiger charge is -2.11. The fraction of sp³-hybridized carbons (Fsp3) is 0.111. The summed E-state index contributed by atoms with van der Waals surface area (Å²) in [5.74, 6) is -2.77. The smallest absolute Gasteiger partial charge is 0.306 e. The molecule has 0 aliphatic carbocycles. The molecule has 0 bridgehead atoms. The Hall–Kier alpha value is -3.23. The highest BCUT2D eigenvalue weighted by Crippen LogP contribution is 2.30. The fourth-order valence-electron chi connectivity index (χ4n) is 2.47. The molecule has 0 radical (unpaired) electrons. The lowest BCUT2D eigenvalue weighted by molar-refractivity contribution is -0.137. The molecule has 4 nitrogen and oxygen atoms in total. The van der Waals surface area contributed by atoms with E-state index in [4.69, 9.17) is 0 Å². The standard InChI is InChI=1S/C18H12F5N3O/c1-10-6-16(26(25-10)15-5-3-2-4-14(15)20)24-17(27)11-7-12(18(21,22)23)9-13(19)8-11/h2-9H,1H3,(H,24,27). The molecule has 3 aromatic rings. The first kappa shape index (κ1) is 18.6. The number of hydrogen-bond donors (Lipinski definition) is 1. The van der Waals surface area contributed by atoms with Crippen LogP contribution in [0, 0.1) is 18.6 Å². The van der Waals surface area contributed by atoms with Crippen LogP contribution in [-0.2, 0) is 6.18 Å². The number of anilines is 1. The van der Waals surface area contributed by atoms with Gasteiger partial charge in [0.05, 0.1) is 11.3 Å². The Balaban J connectivity index is 1.97. The number of amides is 1. The Labute approximate surface area is 150 Å². The number of carbonyl (C=O) groups excluding carboxylic acids is 1. The molecule has 3 rings (SSSR count). The topological polar surface area (TPSA) is 46.9 Å². The van der Waals surface area contributed by atoms with E-state index >= 15 is 0 Å². The number of halogens is 5. The number of aryl methyl sites for hydroxylation is 1. The maximum atomic E-state index is 14.0. The molecule has 0 fully saturated rings. The summed E-state index contributed by atoms with van der Waals surface area (Å²) >= 11 is 0. The number of alkyl halides is 3. The average Bonchev–Trinajstić information content (AvgIpc) is 2.94. The Bertz CT molecular complexity index is 1010. The van der Waals surface area contributed by atoms with Crippen molar-refractivity contribution in [3.05, 3.63) is 77.0 Å². The van der Waals surface area contributed by atoms with Gasteiger partial charge in [-0.3, -0.25) is 4.79 Å². The van der Waals surface area contributed by atoms with Crippen LogP contribution >= 0.6 is 0 Å². The predicted molar refractivity (Wildman–Crippen MR) is 87.6 cm³/mol. The Morgan fingerprint density at radius 2 is 1.78 bits per heavy atom. The Kier molecular flexibility index (Phi) is 4.69. The van der Waals surface area contributed by atoms with Crippen molar-refractivity contribution < 1.29 is 26.7 Å². The molecule has 0 saturated carbocycles. The van der Waals surface area contributed by atoms with Gasteiger partial charge in [0, 0.05) is 11.6 Å². The molecule has 0 unspecified atom stereocenters. The quantitative estimate of drug-likeness (QED) is 0.667. The lowest BCUT2D eigenvalue weighted by Crippen LogP contribution is -2.17. The molecular weight excluding hydrogens is 369 g/mol. The third kappa shape index (κ3) is 3.97. The summed E-state index contributed by atoms with van der Waals surface area (Å²) in [7, 11) is 0. The molecule has 1 aromatic heterocycles. The largest absolute Gasteiger partial charge is 0.416 e. The molecule has 2 aromatic carbocycles. The van der Waals surface area contributed by atoms with E-state index in [0.717, 1.165) is 4.68 Å². The number of rotatable bonds is 3. The summed E-state index contributed by atoms with van der Waals surface area (Å²) in [6.45, 7) is 1.59. The van der Waals surface area contributed by atoms with Crippen LogP contribution in [0.5, 0.6) is 0 Å². The summed E-state index contributed by atoms with van der Waals surface area (Å²) in [6, 6.07) is 8.57. The monoisotopic (exact) mass is 381 g/mol. The minimum atomic E-state index is -4.80. The highest BCUT2D eigenvalue weighted by molar-refractivity contribution is 6.04. The molecule has 27 heavy (non-hydrogen) atoms. The number of para-hydroxylation sites is 1. The summed E-state index contributed by atoms with van der Waals surface area (Å²) in [5, 5.41) is 6.41. The third-order valence-electron chi connectivity index (χ3n) is 3.64. The molecule has 1 N–H and O–H groups in total. The van der Waals surface area contributed by atoms with Crippen molar-refractivity contribution in [1.29, 1.82) is 0 Å². The van der Waals surface area contributed by atoms with Gasteiger partial charge in [0.1, 0.15) is 23.1 Å². The van der Waals surface area contributed by atoms with Gasteiger partial charge < -0.3 is 5.32 Å². The van der Waals surface area contributed by atoms with Gasteiger partial charge in [-0.15, -0.1) is 0 Å². The van der Waals surface area contributed by atoms with Crippen LogP contribution < -0.4 is 5.32 Å². The van der Waals surface area contributed by atoms with E-state index < -0.39 is 34.8 Å². The number of hydrogen-bond acceptors (Lipinski definition) is 2. The van der Waals surface area contributed by atoms with Crippen molar-refractivity contribution in [2.75, 3.05) is 5.32 Å². The SMILES string of the molecule is Cc1cc(NC(=O)c2cc(F)cc(C(F)(F)F)c2)n(-c2ccccc2F)n1. The maximum Gasteiger partial charge on any atom is 0.416 e. The molecule has 0 spiro atoms. The van der Waals surface area contributed by atoms with Crippen LogP contribution in [0.25, 0.3) is 5.69 Å².